The van der Waals surface area contributed by atoms with Crippen LogP contribution in [0.1, 0.15) is 53.6 Å². The molecule has 1 aliphatic heterocycles. The summed E-state index contributed by atoms with van der Waals surface area (Å²) in [5.74, 6) is 0.882. The van der Waals surface area contributed by atoms with Crippen LogP contribution in [0.15, 0.2) is 48.5 Å². The fourth-order valence-electron chi connectivity index (χ4n) is 3.70. The quantitative estimate of drug-likeness (QED) is 0.689. The summed E-state index contributed by atoms with van der Waals surface area (Å²) in [6.45, 7) is 4.05. The maximum atomic E-state index is 12.3. The number of nitrogens with zero attached hydrogens (tertiary/aromatic N) is 1. The smallest absolute Gasteiger partial charge is 0.251 e. The van der Waals surface area contributed by atoms with Crippen LogP contribution in [0.25, 0.3) is 0 Å². The third-order valence-corrected chi connectivity index (χ3v) is 5.41. The van der Waals surface area contributed by atoms with Gasteiger partial charge in [0.1, 0.15) is 5.75 Å². The molecule has 1 aliphatic rings. The molecule has 0 atom stereocenters. The lowest BCUT2D eigenvalue weighted by Crippen LogP contribution is -2.25. The van der Waals surface area contributed by atoms with Gasteiger partial charge in [-0.05, 0) is 74.2 Å². The SMILES string of the molecule is COc1ccc(CCCNC(=O)c2ccc(CN3CCCCCC3)cc2)cc1. The molecule has 0 radical (unpaired) electrons. The molecule has 1 heterocycles. The predicted octanol–water partition coefficient (Wildman–Crippen LogP) is 4.43. The van der Waals surface area contributed by atoms with Crippen LogP contribution in [-0.4, -0.2) is 37.6 Å². The van der Waals surface area contributed by atoms with E-state index in [-0.39, 0.29) is 5.91 Å². The van der Waals surface area contributed by atoms with Crippen LogP contribution in [-0.2, 0) is 13.0 Å². The van der Waals surface area contributed by atoms with E-state index in [9.17, 15) is 4.79 Å². The fourth-order valence-corrected chi connectivity index (χ4v) is 3.70. The van der Waals surface area contributed by atoms with Gasteiger partial charge in [0.05, 0.1) is 7.11 Å². The van der Waals surface area contributed by atoms with Crippen molar-refractivity contribution in [1.29, 1.82) is 0 Å². The zero-order chi connectivity index (χ0) is 19.6. The summed E-state index contributed by atoms with van der Waals surface area (Å²) in [4.78, 5) is 14.9. The van der Waals surface area contributed by atoms with E-state index < -0.39 is 0 Å². The van der Waals surface area contributed by atoms with Gasteiger partial charge < -0.3 is 10.1 Å². The van der Waals surface area contributed by atoms with Crippen molar-refractivity contribution in [2.45, 2.75) is 45.1 Å². The van der Waals surface area contributed by atoms with Crippen LogP contribution >= 0.6 is 0 Å². The number of ether oxygens (including phenoxy) is 1. The van der Waals surface area contributed by atoms with Crippen molar-refractivity contribution in [3.8, 4) is 5.75 Å². The summed E-state index contributed by atoms with van der Waals surface area (Å²) in [6, 6.07) is 16.2. The third kappa shape index (κ3) is 6.38. The summed E-state index contributed by atoms with van der Waals surface area (Å²) >= 11 is 0. The second-order valence-electron chi connectivity index (χ2n) is 7.59. The van der Waals surface area contributed by atoms with Gasteiger partial charge in [-0.2, -0.15) is 0 Å². The van der Waals surface area contributed by atoms with E-state index in [1.54, 1.807) is 7.11 Å². The maximum absolute atomic E-state index is 12.3. The van der Waals surface area contributed by atoms with Gasteiger partial charge in [-0.15, -0.1) is 0 Å². The number of benzene rings is 2. The topological polar surface area (TPSA) is 41.6 Å². The van der Waals surface area contributed by atoms with Gasteiger partial charge in [-0.3, -0.25) is 9.69 Å². The molecule has 1 amide bonds. The third-order valence-electron chi connectivity index (χ3n) is 5.41. The monoisotopic (exact) mass is 380 g/mol. The normalized spacial score (nSPS) is 15.0. The van der Waals surface area contributed by atoms with Crippen molar-refractivity contribution in [2.75, 3.05) is 26.7 Å². The number of methoxy groups -OCH3 is 1. The van der Waals surface area contributed by atoms with Crippen LogP contribution in [0.5, 0.6) is 5.75 Å². The minimum atomic E-state index is 0.0102. The van der Waals surface area contributed by atoms with Gasteiger partial charge in [0, 0.05) is 18.7 Å². The van der Waals surface area contributed by atoms with Gasteiger partial charge in [-0.25, -0.2) is 0 Å². The molecule has 4 heteroatoms. The Morgan fingerprint density at radius 3 is 2.21 bits per heavy atom. The van der Waals surface area contributed by atoms with Crippen molar-refractivity contribution in [3.63, 3.8) is 0 Å². The van der Waals surface area contributed by atoms with Gasteiger partial charge in [0.2, 0.25) is 0 Å². The van der Waals surface area contributed by atoms with Crippen molar-refractivity contribution in [1.82, 2.24) is 10.2 Å². The Balaban J connectivity index is 1.40. The molecular weight excluding hydrogens is 348 g/mol. The standard InChI is InChI=1S/C24H32N2O2/c1-28-23-14-10-20(11-15-23)7-6-16-25-24(27)22-12-8-21(9-13-22)19-26-17-4-2-3-5-18-26/h8-15H,2-7,16-19H2,1H3,(H,25,27). The molecule has 0 spiro atoms. The Hall–Kier alpha value is -2.33. The Kier molecular flexibility index (Phi) is 7.92. The Labute approximate surface area is 168 Å². The first-order chi connectivity index (χ1) is 13.7. The Morgan fingerprint density at radius 1 is 0.929 bits per heavy atom. The zero-order valence-corrected chi connectivity index (χ0v) is 17.0. The number of aryl methyl sites for hydroxylation is 1. The molecule has 3 rings (SSSR count). The van der Waals surface area contributed by atoms with E-state index in [0.717, 1.165) is 30.7 Å². The zero-order valence-electron chi connectivity index (χ0n) is 17.0. The number of carbonyl (C=O) groups excluding carboxylic acids is 1. The van der Waals surface area contributed by atoms with Gasteiger partial charge in [0.15, 0.2) is 0 Å². The van der Waals surface area contributed by atoms with Crippen LogP contribution in [0.4, 0.5) is 0 Å². The number of rotatable bonds is 8. The number of hydrogen-bond acceptors (Lipinski definition) is 3. The van der Waals surface area contributed by atoms with E-state index in [1.807, 2.05) is 24.3 Å². The van der Waals surface area contributed by atoms with Gasteiger partial charge in [-0.1, -0.05) is 37.1 Å². The highest BCUT2D eigenvalue weighted by molar-refractivity contribution is 5.94. The Bertz CT molecular complexity index is 717. The Morgan fingerprint density at radius 2 is 1.57 bits per heavy atom. The van der Waals surface area contributed by atoms with Crippen molar-refractivity contribution < 1.29 is 9.53 Å². The minimum absolute atomic E-state index is 0.0102. The van der Waals surface area contributed by atoms with E-state index in [4.69, 9.17) is 4.74 Å². The lowest BCUT2D eigenvalue weighted by Gasteiger charge is -2.19. The van der Waals surface area contributed by atoms with Crippen LogP contribution < -0.4 is 10.1 Å². The average Bonchev–Trinajstić information content (AvgIpc) is 3.01. The molecule has 2 aromatic carbocycles. The first-order valence-corrected chi connectivity index (χ1v) is 10.5. The highest BCUT2D eigenvalue weighted by Gasteiger charge is 2.10. The number of nitrogens with one attached hydrogen (secondary N) is 1. The number of likely N-dealkylation sites (tertiary alicyclic amines) is 1. The van der Waals surface area contributed by atoms with Crippen molar-refractivity contribution >= 4 is 5.91 Å². The number of amides is 1. The van der Waals surface area contributed by atoms with E-state index in [2.05, 4.69) is 34.5 Å². The van der Waals surface area contributed by atoms with E-state index >= 15 is 0 Å². The largest absolute Gasteiger partial charge is 0.497 e. The van der Waals surface area contributed by atoms with E-state index in [0.29, 0.717) is 6.54 Å². The highest BCUT2D eigenvalue weighted by atomic mass is 16.5. The van der Waals surface area contributed by atoms with Crippen LogP contribution in [0.2, 0.25) is 0 Å². The molecule has 1 saturated heterocycles. The summed E-state index contributed by atoms with van der Waals surface area (Å²) in [7, 11) is 1.67. The second-order valence-corrected chi connectivity index (χ2v) is 7.59. The van der Waals surface area contributed by atoms with Crippen molar-refractivity contribution in [3.05, 3.63) is 65.2 Å². The minimum Gasteiger partial charge on any atom is -0.497 e. The summed E-state index contributed by atoms with van der Waals surface area (Å²) in [5, 5.41) is 3.03. The van der Waals surface area contributed by atoms with Crippen LogP contribution in [0.3, 0.4) is 0 Å². The molecular formula is C24H32N2O2. The highest BCUT2D eigenvalue weighted by Crippen LogP contribution is 2.14. The number of hydrogen-bond donors (Lipinski definition) is 1. The molecule has 150 valence electrons. The molecule has 0 aliphatic carbocycles. The summed E-state index contributed by atoms with van der Waals surface area (Å²) in [5.41, 5.74) is 3.29. The molecule has 0 aromatic heterocycles. The molecule has 2 aromatic rings. The molecule has 0 bridgehead atoms. The molecule has 0 saturated carbocycles. The van der Waals surface area contributed by atoms with E-state index in [1.165, 1.54) is 49.9 Å². The predicted molar refractivity (Wildman–Crippen MR) is 114 cm³/mol. The molecule has 1 N–H and O–H groups in total. The molecule has 0 unspecified atom stereocenters. The maximum Gasteiger partial charge on any atom is 0.251 e. The first-order valence-electron chi connectivity index (χ1n) is 10.5. The lowest BCUT2D eigenvalue weighted by atomic mass is 10.1. The van der Waals surface area contributed by atoms with Crippen molar-refractivity contribution in [2.24, 2.45) is 0 Å². The number of carbonyl (C=O) groups is 1. The first kappa shape index (κ1) is 20.4. The summed E-state index contributed by atoms with van der Waals surface area (Å²) in [6.07, 6.45) is 7.18. The second kappa shape index (κ2) is 10.9. The fraction of sp³-hybridized carbons (Fsp3) is 0.458. The summed E-state index contributed by atoms with van der Waals surface area (Å²) < 4.78 is 5.17. The van der Waals surface area contributed by atoms with Crippen LogP contribution in [0, 0.1) is 0 Å². The molecule has 28 heavy (non-hydrogen) atoms. The van der Waals surface area contributed by atoms with Gasteiger partial charge in [0.25, 0.3) is 5.91 Å². The molecule has 4 nitrogen and oxygen atoms in total. The van der Waals surface area contributed by atoms with Gasteiger partial charge >= 0.3 is 0 Å². The molecule has 1 fully saturated rings. The lowest BCUT2D eigenvalue weighted by molar-refractivity contribution is 0.0953. The average molecular weight is 381 g/mol.